The van der Waals surface area contributed by atoms with Crippen molar-refractivity contribution in [3.05, 3.63) is 85.1 Å². The van der Waals surface area contributed by atoms with E-state index in [0.717, 1.165) is 64.2 Å². The molecular formula is C49H80O17P2. The molecule has 1 rings (SSSR count). The molecule has 0 aromatic carbocycles. The second-order valence-corrected chi connectivity index (χ2v) is 19.1. The third-order valence-corrected chi connectivity index (χ3v) is 11.9. The Kier molecular flexibility index (Phi) is 35.7. The number of ketones is 1. The van der Waals surface area contributed by atoms with Crippen molar-refractivity contribution in [3.8, 4) is 0 Å². The van der Waals surface area contributed by atoms with E-state index in [4.69, 9.17) is 18.5 Å². The molecule has 0 amide bonds. The van der Waals surface area contributed by atoms with Crippen molar-refractivity contribution < 1.29 is 81.7 Å². The number of phosphoric ester groups is 2. The molecule has 1 aliphatic carbocycles. The van der Waals surface area contributed by atoms with E-state index in [0.29, 0.717) is 38.5 Å². The maximum absolute atomic E-state index is 13.0. The van der Waals surface area contributed by atoms with E-state index in [1.54, 1.807) is 12.2 Å². The minimum atomic E-state index is -5.38. The molecular weight excluding hydrogens is 922 g/mol. The smallest absolute Gasteiger partial charge is 0.462 e. The molecule has 0 saturated heterocycles. The average Bonchev–Trinajstić information content (AvgIpc) is 3.29. The maximum Gasteiger partial charge on any atom is 0.472 e. The predicted molar refractivity (Wildman–Crippen MR) is 260 cm³/mol. The standard InChI is InChI=1S/C49H80O17P2/c1-3-5-7-8-9-10-11-12-13-14-15-16-19-23-26-29-33-37-43(52)64-41(39-63-68(60,61)66-49-46(55)44(53)45(54)48(47(49)56)65-67(57,58)59)38-62-42(51)36-32-28-25-22-20-17-18-21-24-27-31-35-40(50)34-30-6-4-2/h9-10,12-13,15-18,22,24-25,27,31,35,41,44-49,53-56H,3-8,11,14,19-21,23,26,28-30,32-34,36-39H2,1-2H3,(H,60,61)(H2,57,58,59)/b10-9-,13-12-,16-15-,18-17-,25-22-,27-24-,35-31+/t41-,44?,45?,46?,47?,48-,49+/m1/s1. The summed E-state index contributed by atoms with van der Waals surface area (Å²) in [5.41, 5.74) is 0. The highest BCUT2D eigenvalue weighted by Crippen LogP contribution is 2.49. The van der Waals surface area contributed by atoms with Gasteiger partial charge >= 0.3 is 27.6 Å². The Morgan fingerprint density at radius 2 is 1.00 bits per heavy atom. The van der Waals surface area contributed by atoms with Gasteiger partial charge in [-0.15, -0.1) is 0 Å². The minimum absolute atomic E-state index is 0.00888. The van der Waals surface area contributed by atoms with Crippen LogP contribution in [0.4, 0.5) is 0 Å². The van der Waals surface area contributed by atoms with Crippen LogP contribution in [0, 0.1) is 0 Å². The summed E-state index contributed by atoms with van der Waals surface area (Å²) in [6, 6.07) is 0. The molecule has 0 aromatic rings. The van der Waals surface area contributed by atoms with Gasteiger partial charge in [0.15, 0.2) is 11.9 Å². The highest BCUT2D eigenvalue weighted by atomic mass is 31.2. The van der Waals surface area contributed by atoms with Crippen molar-refractivity contribution in [2.45, 2.75) is 191 Å². The molecule has 1 fully saturated rings. The van der Waals surface area contributed by atoms with Crippen LogP contribution in [0.3, 0.4) is 0 Å². The number of carbonyl (C=O) groups is 3. The van der Waals surface area contributed by atoms with Crippen molar-refractivity contribution in [1.29, 1.82) is 0 Å². The molecule has 17 nitrogen and oxygen atoms in total. The molecule has 1 saturated carbocycles. The third kappa shape index (κ3) is 32.6. The lowest BCUT2D eigenvalue weighted by Crippen LogP contribution is -2.64. The van der Waals surface area contributed by atoms with Gasteiger partial charge in [-0.1, -0.05) is 131 Å². The van der Waals surface area contributed by atoms with Crippen LogP contribution in [-0.2, 0) is 46.6 Å². The molecule has 0 bridgehead atoms. The van der Waals surface area contributed by atoms with Crippen LogP contribution in [0.1, 0.15) is 149 Å². The second kappa shape index (κ2) is 38.6. The minimum Gasteiger partial charge on any atom is -0.462 e. The topological polar surface area (TPSA) is 273 Å². The van der Waals surface area contributed by atoms with Gasteiger partial charge in [-0.25, -0.2) is 9.13 Å². The Morgan fingerprint density at radius 3 is 1.59 bits per heavy atom. The Balaban J connectivity index is 2.67. The first-order valence-electron chi connectivity index (χ1n) is 24.1. The molecule has 7 N–H and O–H groups in total. The van der Waals surface area contributed by atoms with Gasteiger partial charge in [-0.3, -0.25) is 28.0 Å². The highest BCUT2D eigenvalue weighted by molar-refractivity contribution is 7.47. The zero-order valence-corrected chi connectivity index (χ0v) is 41.8. The number of hydrogen-bond acceptors (Lipinski definition) is 14. The summed E-state index contributed by atoms with van der Waals surface area (Å²) >= 11 is 0. The molecule has 8 atom stereocenters. The first-order valence-corrected chi connectivity index (χ1v) is 27.1. The molecule has 0 aromatic heterocycles. The van der Waals surface area contributed by atoms with Crippen LogP contribution >= 0.6 is 15.6 Å². The lowest BCUT2D eigenvalue weighted by Gasteiger charge is -2.43. The van der Waals surface area contributed by atoms with Crippen LogP contribution in [0.15, 0.2) is 85.1 Å². The van der Waals surface area contributed by atoms with Gasteiger partial charge in [-0.05, 0) is 83.1 Å². The Hall–Kier alpha value is -3.15. The molecule has 19 heteroatoms. The fraction of sp³-hybridized carbons (Fsp3) is 0.653. The number of allylic oxidation sites excluding steroid dienone is 14. The summed E-state index contributed by atoms with van der Waals surface area (Å²) in [7, 11) is -10.7. The van der Waals surface area contributed by atoms with Crippen molar-refractivity contribution in [2.75, 3.05) is 13.2 Å². The largest absolute Gasteiger partial charge is 0.472 e. The number of unbranched alkanes of at least 4 members (excludes halogenated alkanes) is 10. The van der Waals surface area contributed by atoms with E-state index in [2.05, 4.69) is 54.8 Å². The van der Waals surface area contributed by atoms with E-state index in [1.165, 1.54) is 19.3 Å². The van der Waals surface area contributed by atoms with Gasteiger partial charge in [0.25, 0.3) is 0 Å². The molecule has 0 radical (unpaired) electrons. The van der Waals surface area contributed by atoms with E-state index in [-0.39, 0.29) is 18.6 Å². The lowest BCUT2D eigenvalue weighted by molar-refractivity contribution is -0.216. The van der Waals surface area contributed by atoms with Crippen LogP contribution in [-0.4, -0.2) is 109 Å². The normalized spacial score (nSPS) is 21.9. The SMILES string of the molecule is CCCCC/C=C\C/C=C\C/C=C\CCCCCCC(=O)O[C@H](COC(=O)CCC/C=C\C/C=C\C/C=C\C=C\C(=O)CCCCC)COP(=O)(O)O[C@H]1C(O)C(O)C(O)[C@@H](OP(=O)(O)O)C1O. The lowest BCUT2D eigenvalue weighted by atomic mass is 9.85. The summed E-state index contributed by atoms with van der Waals surface area (Å²) in [5, 5.41) is 41.2. The first-order chi connectivity index (χ1) is 32.5. The van der Waals surface area contributed by atoms with Gasteiger partial charge in [-0.2, -0.15) is 0 Å². The number of rotatable bonds is 39. The molecule has 0 aliphatic heterocycles. The van der Waals surface area contributed by atoms with Gasteiger partial charge in [0.05, 0.1) is 6.61 Å². The van der Waals surface area contributed by atoms with Crippen LogP contribution in [0.5, 0.6) is 0 Å². The predicted octanol–water partition coefficient (Wildman–Crippen LogP) is 8.57. The van der Waals surface area contributed by atoms with E-state index >= 15 is 0 Å². The molecule has 5 unspecified atom stereocenters. The zero-order valence-electron chi connectivity index (χ0n) is 40.0. The molecule has 68 heavy (non-hydrogen) atoms. The molecule has 1 aliphatic rings. The first kappa shape index (κ1) is 62.9. The van der Waals surface area contributed by atoms with Gasteiger partial charge in [0.1, 0.15) is 43.2 Å². The van der Waals surface area contributed by atoms with Gasteiger partial charge < -0.3 is 44.6 Å². The summed E-state index contributed by atoms with van der Waals surface area (Å²) < 4.78 is 49.3. The maximum atomic E-state index is 13.0. The zero-order chi connectivity index (χ0) is 50.5. The number of aliphatic hydroxyl groups excluding tert-OH is 4. The van der Waals surface area contributed by atoms with Crippen molar-refractivity contribution in [3.63, 3.8) is 0 Å². The average molecular weight is 1000 g/mol. The number of carbonyl (C=O) groups excluding carboxylic acids is 3. The molecule has 0 spiro atoms. The van der Waals surface area contributed by atoms with Crippen molar-refractivity contribution in [1.82, 2.24) is 0 Å². The summed E-state index contributed by atoms with van der Waals surface area (Å²) in [6.45, 7) is 2.84. The fourth-order valence-electron chi connectivity index (χ4n) is 6.63. The molecule has 0 heterocycles. The van der Waals surface area contributed by atoms with Crippen molar-refractivity contribution in [2.24, 2.45) is 0 Å². The number of ether oxygens (including phenoxy) is 2. The Labute approximate surface area is 403 Å². The van der Waals surface area contributed by atoms with Crippen LogP contribution < -0.4 is 0 Å². The third-order valence-electron chi connectivity index (χ3n) is 10.4. The van der Waals surface area contributed by atoms with Gasteiger partial charge in [0.2, 0.25) is 0 Å². The van der Waals surface area contributed by atoms with E-state index in [9.17, 15) is 58.6 Å². The van der Waals surface area contributed by atoms with E-state index < -0.39 is 83.5 Å². The fourth-order valence-corrected chi connectivity index (χ4v) is 8.16. The van der Waals surface area contributed by atoms with Crippen molar-refractivity contribution >= 4 is 33.4 Å². The monoisotopic (exact) mass is 1000 g/mol. The van der Waals surface area contributed by atoms with Crippen LogP contribution in [0.25, 0.3) is 0 Å². The number of esters is 2. The Morgan fingerprint density at radius 1 is 0.515 bits per heavy atom. The number of aliphatic hydroxyl groups is 4. The van der Waals surface area contributed by atoms with E-state index in [1.807, 2.05) is 36.5 Å². The summed E-state index contributed by atoms with van der Waals surface area (Å²) in [4.78, 5) is 66.0. The highest BCUT2D eigenvalue weighted by Gasteiger charge is 2.54. The summed E-state index contributed by atoms with van der Waals surface area (Å²) in [5.74, 6) is -1.21. The quantitative estimate of drug-likeness (QED) is 0.00758. The van der Waals surface area contributed by atoms with Gasteiger partial charge in [0, 0.05) is 19.3 Å². The summed E-state index contributed by atoms with van der Waals surface area (Å²) in [6.07, 6.45) is 29.5. The second-order valence-electron chi connectivity index (χ2n) is 16.5. The molecule has 388 valence electrons. The number of hydrogen-bond donors (Lipinski definition) is 7. The number of phosphoric acid groups is 2. The van der Waals surface area contributed by atoms with Crippen LogP contribution in [0.2, 0.25) is 0 Å². The Bertz CT molecular complexity index is 1700.